The van der Waals surface area contributed by atoms with E-state index in [0.29, 0.717) is 11.3 Å². The van der Waals surface area contributed by atoms with E-state index in [0.717, 1.165) is 17.1 Å². The zero-order chi connectivity index (χ0) is 9.10. The Labute approximate surface area is 83.2 Å². The highest BCUT2D eigenvalue weighted by molar-refractivity contribution is 7.08. The standard InChI is InChI=1S/C8H6N2OS2/c11-7(8-4-9-10-13-8)3-6-1-2-12-5-6/h1-2,4-5H,3H2. The molecular formula is C8H6N2OS2. The maximum absolute atomic E-state index is 11.5. The smallest absolute Gasteiger partial charge is 0.180 e. The molecule has 0 atom stereocenters. The van der Waals surface area contributed by atoms with Gasteiger partial charge in [-0.3, -0.25) is 4.79 Å². The van der Waals surface area contributed by atoms with Crippen molar-refractivity contribution in [3.05, 3.63) is 33.5 Å². The summed E-state index contributed by atoms with van der Waals surface area (Å²) in [6.07, 6.45) is 1.97. The third-order valence-electron chi connectivity index (χ3n) is 1.58. The normalized spacial score (nSPS) is 10.2. The number of thiophene rings is 1. The van der Waals surface area contributed by atoms with E-state index in [2.05, 4.69) is 9.59 Å². The van der Waals surface area contributed by atoms with Gasteiger partial charge in [-0.2, -0.15) is 11.3 Å². The van der Waals surface area contributed by atoms with Crippen LogP contribution in [-0.4, -0.2) is 15.4 Å². The highest BCUT2D eigenvalue weighted by atomic mass is 32.1. The first-order valence-corrected chi connectivity index (χ1v) is 5.39. The molecule has 0 fully saturated rings. The highest BCUT2D eigenvalue weighted by Gasteiger charge is 2.09. The van der Waals surface area contributed by atoms with Crippen molar-refractivity contribution in [2.75, 3.05) is 0 Å². The van der Waals surface area contributed by atoms with Crippen molar-refractivity contribution in [1.29, 1.82) is 0 Å². The van der Waals surface area contributed by atoms with E-state index in [1.165, 1.54) is 6.20 Å². The van der Waals surface area contributed by atoms with Crippen LogP contribution in [0.4, 0.5) is 0 Å². The fourth-order valence-corrected chi connectivity index (χ4v) is 2.07. The lowest BCUT2D eigenvalue weighted by atomic mass is 10.1. The first-order valence-electron chi connectivity index (χ1n) is 3.68. The van der Waals surface area contributed by atoms with Crippen molar-refractivity contribution in [3.8, 4) is 0 Å². The number of rotatable bonds is 3. The van der Waals surface area contributed by atoms with E-state index in [4.69, 9.17) is 0 Å². The summed E-state index contributed by atoms with van der Waals surface area (Å²) in [5.74, 6) is 0.0911. The van der Waals surface area contributed by atoms with Crippen LogP contribution in [0.25, 0.3) is 0 Å². The monoisotopic (exact) mass is 210 g/mol. The van der Waals surface area contributed by atoms with Gasteiger partial charge in [-0.1, -0.05) is 4.49 Å². The van der Waals surface area contributed by atoms with Crippen LogP contribution in [0.15, 0.2) is 23.0 Å². The van der Waals surface area contributed by atoms with Crippen molar-refractivity contribution in [3.63, 3.8) is 0 Å². The summed E-state index contributed by atoms with van der Waals surface area (Å²) in [5.41, 5.74) is 1.06. The second-order valence-electron chi connectivity index (χ2n) is 2.51. The van der Waals surface area contributed by atoms with Crippen LogP contribution in [0.2, 0.25) is 0 Å². The second kappa shape index (κ2) is 3.76. The molecule has 5 heteroatoms. The van der Waals surface area contributed by atoms with E-state index in [-0.39, 0.29) is 5.78 Å². The van der Waals surface area contributed by atoms with Crippen molar-refractivity contribution in [2.24, 2.45) is 0 Å². The number of carbonyl (C=O) groups is 1. The molecule has 2 aromatic heterocycles. The zero-order valence-corrected chi connectivity index (χ0v) is 8.27. The Hall–Kier alpha value is -1.07. The maximum Gasteiger partial charge on any atom is 0.180 e. The topological polar surface area (TPSA) is 42.9 Å². The average molecular weight is 210 g/mol. The molecular weight excluding hydrogens is 204 g/mol. The van der Waals surface area contributed by atoms with Crippen LogP contribution in [0.3, 0.4) is 0 Å². The molecule has 0 amide bonds. The first-order chi connectivity index (χ1) is 6.36. The third kappa shape index (κ3) is 1.99. The molecule has 2 rings (SSSR count). The van der Waals surface area contributed by atoms with Gasteiger partial charge < -0.3 is 0 Å². The van der Waals surface area contributed by atoms with E-state index in [1.54, 1.807) is 11.3 Å². The molecule has 0 aliphatic rings. The van der Waals surface area contributed by atoms with Crippen LogP contribution in [0.1, 0.15) is 15.2 Å². The van der Waals surface area contributed by atoms with E-state index in [9.17, 15) is 4.79 Å². The van der Waals surface area contributed by atoms with Gasteiger partial charge in [0, 0.05) is 6.42 Å². The predicted molar refractivity (Wildman–Crippen MR) is 52.3 cm³/mol. The Balaban J connectivity index is 2.08. The van der Waals surface area contributed by atoms with Gasteiger partial charge in [-0.15, -0.1) is 5.10 Å². The molecule has 0 saturated carbocycles. The quantitative estimate of drug-likeness (QED) is 0.728. The number of aromatic nitrogens is 2. The molecule has 0 unspecified atom stereocenters. The number of hydrogen-bond donors (Lipinski definition) is 0. The van der Waals surface area contributed by atoms with Crippen molar-refractivity contribution >= 4 is 28.7 Å². The maximum atomic E-state index is 11.5. The summed E-state index contributed by atoms with van der Waals surface area (Å²) in [7, 11) is 0. The Kier molecular flexibility index (Phi) is 2.47. The van der Waals surface area contributed by atoms with Crippen LogP contribution in [0, 0.1) is 0 Å². The Bertz CT molecular complexity index is 380. The SMILES string of the molecule is O=C(Cc1ccsc1)c1cnns1. The molecule has 0 aliphatic carbocycles. The zero-order valence-electron chi connectivity index (χ0n) is 6.64. The molecule has 0 aliphatic heterocycles. The summed E-state index contributed by atoms with van der Waals surface area (Å²) < 4.78 is 3.65. The van der Waals surface area contributed by atoms with Crippen molar-refractivity contribution < 1.29 is 4.79 Å². The van der Waals surface area contributed by atoms with E-state index >= 15 is 0 Å². The summed E-state index contributed by atoms with van der Waals surface area (Å²) in [6.45, 7) is 0. The van der Waals surface area contributed by atoms with Gasteiger partial charge in [-0.25, -0.2) is 0 Å². The summed E-state index contributed by atoms with van der Waals surface area (Å²) in [5, 5.41) is 7.57. The predicted octanol–water partition coefficient (Wildman–Crippen LogP) is 2.02. The van der Waals surface area contributed by atoms with Crippen molar-refractivity contribution in [1.82, 2.24) is 9.59 Å². The van der Waals surface area contributed by atoms with Crippen LogP contribution in [0.5, 0.6) is 0 Å². The minimum Gasteiger partial charge on any atom is -0.293 e. The number of nitrogens with zero attached hydrogens (tertiary/aromatic N) is 2. The lowest BCUT2D eigenvalue weighted by molar-refractivity contribution is 0.0997. The van der Waals surface area contributed by atoms with Gasteiger partial charge in [-0.05, 0) is 33.9 Å². The fourth-order valence-electron chi connectivity index (χ4n) is 0.956. The lowest BCUT2D eigenvalue weighted by Crippen LogP contribution is -1.99. The number of carbonyl (C=O) groups excluding carboxylic acids is 1. The molecule has 0 spiro atoms. The molecule has 0 radical (unpaired) electrons. The molecule has 13 heavy (non-hydrogen) atoms. The molecule has 3 nitrogen and oxygen atoms in total. The number of ketones is 1. The largest absolute Gasteiger partial charge is 0.293 e. The first kappa shape index (κ1) is 8.52. The van der Waals surface area contributed by atoms with Gasteiger partial charge in [0.1, 0.15) is 4.88 Å². The molecule has 0 aromatic carbocycles. The highest BCUT2D eigenvalue weighted by Crippen LogP contribution is 2.11. The number of Topliss-reactive ketones (excluding diaryl/α,β-unsaturated/α-hetero) is 1. The molecule has 2 heterocycles. The van der Waals surface area contributed by atoms with Gasteiger partial charge >= 0.3 is 0 Å². The minimum atomic E-state index is 0.0911. The average Bonchev–Trinajstić information content (AvgIpc) is 2.74. The summed E-state index contributed by atoms with van der Waals surface area (Å²) in [4.78, 5) is 12.1. The van der Waals surface area contributed by atoms with Gasteiger partial charge in [0.25, 0.3) is 0 Å². The van der Waals surface area contributed by atoms with Crippen molar-refractivity contribution in [2.45, 2.75) is 6.42 Å². The van der Waals surface area contributed by atoms with Gasteiger partial charge in [0.2, 0.25) is 0 Å². The van der Waals surface area contributed by atoms with E-state index in [1.807, 2.05) is 16.8 Å². The van der Waals surface area contributed by atoms with Crippen LogP contribution in [-0.2, 0) is 6.42 Å². The Morgan fingerprint density at radius 3 is 3.08 bits per heavy atom. The second-order valence-corrected chi connectivity index (χ2v) is 4.08. The van der Waals surface area contributed by atoms with Crippen LogP contribution >= 0.6 is 22.9 Å². The van der Waals surface area contributed by atoms with Crippen LogP contribution < -0.4 is 0 Å². The molecule has 2 aromatic rings. The fraction of sp³-hybridized carbons (Fsp3) is 0.125. The number of hydrogen-bond acceptors (Lipinski definition) is 5. The minimum absolute atomic E-state index is 0.0911. The summed E-state index contributed by atoms with van der Waals surface area (Å²) >= 11 is 2.74. The third-order valence-corrected chi connectivity index (χ3v) is 3.02. The molecule has 0 N–H and O–H groups in total. The molecule has 66 valence electrons. The lowest BCUT2D eigenvalue weighted by Gasteiger charge is -1.91. The molecule has 0 bridgehead atoms. The summed E-state index contributed by atoms with van der Waals surface area (Å²) in [6, 6.07) is 1.96. The van der Waals surface area contributed by atoms with E-state index < -0.39 is 0 Å². The molecule has 0 saturated heterocycles. The van der Waals surface area contributed by atoms with Gasteiger partial charge in [0.15, 0.2) is 5.78 Å². The Morgan fingerprint density at radius 1 is 1.54 bits per heavy atom. The van der Waals surface area contributed by atoms with Gasteiger partial charge in [0.05, 0.1) is 6.20 Å². The Morgan fingerprint density at radius 2 is 2.46 bits per heavy atom.